The number of nitrogens with zero attached hydrogens (tertiary/aromatic N) is 4. The van der Waals surface area contributed by atoms with Crippen LogP contribution in [0.15, 0.2) is 73.1 Å². The summed E-state index contributed by atoms with van der Waals surface area (Å²) in [6.45, 7) is 1.41. The van der Waals surface area contributed by atoms with Crippen LogP contribution >= 0.6 is 0 Å². The van der Waals surface area contributed by atoms with Crippen LogP contribution in [0.3, 0.4) is 0 Å². The summed E-state index contributed by atoms with van der Waals surface area (Å²) in [6, 6.07) is 19.2. The van der Waals surface area contributed by atoms with E-state index >= 15 is 0 Å². The first-order chi connectivity index (χ1) is 16.6. The van der Waals surface area contributed by atoms with Crippen molar-refractivity contribution >= 4 is 28.4 Å². The molecule has 1 N–H and O–H groups in total. The number of benzene rings is 2. The van der Waals surface area contributed by atoms with Crippen LogP contribution in [0.4, 0.5) is 5.69 Å². The molecule has 4 aromatic rings. The summed E-state index contributed by atoms with van der Waals surface area (Å²) >= 11 is 0. The van der Waals surface area contributed by atoms with Crippen LogP contribution in [0.5, 0.6) is 0 Å². The number of rotatable bonds is 5. The van der Waals surface area contributed by atoms with E-state index in [0.717, 1.165) is 24.8 Å². The van der Waals surface area contributed by atoms with E-state index in [0.29, 0.717) is 36.0 Å². The van der Waals surface area contributed by atoms with Crippen LogP contribution in [-0.2, 0) is 13.5 Å². The number of carbonyl (C=O) groups is 2. The molecule has 2 amide bonds. The lowest BCUT2D eigenvalue weighted by molar-refractivity contribution is 0.0691. The lowest BCUT2D eigenvalue weighted by Crippen LogP contribution is -2.39. The number of carbonyl (C=O) groups excluding carboxylic acids is 2. The first kappa shape index (κ1) is 21.8. The fraction of sp³-hybridized carbons (Fsp3) is 0.259. The van der Waals surface area contributed by atoms with Gasteiger partial charge in [0, 0.05) is 37.9 Å². The second kappa shape index (κ2) is 9.47. The number of fused-ring (bicyclic) bond motifs is 1. The van der Waals surface area contributed by atoms with Gasteiger partial charge in [0.25, 0.3) is 11.8 Å². The standard InChI is InChI=1S/C27H27N5O2/c1-31-15-13-25(30-31)26(33)29-24-9-3-2-7-22(24)27(34)32-16-11-19(12-17-32)18-20-6-4-10-23-21(20)8-5-14-28-23/h2-10,13-15,19H,11-12,16-18H2,1H3,(H,29,33). The fourth-order valence-electron chi connectivity index (χ4n) is 4.67. The zero-order chi connectivity index (χ0) is 23.5. The number of hydrogen-bond donors (Lipinski definition) is 1. The van der Waals surface area contributed by atoms with Crippen molar-refractivity contribution in [2.24, 2.45) is 13.0 Å². The molecule has 0 radical (unpaired) electrons. The van der Waals surface area contributed by atoms with E-state index in [1.165, 1.54) is 10.9 Å². The average Bonchev–Trinajstić information content (AvgIpc) is 3.31. The van der Waals surface area contributed by atoms with Gasteiger partial charge in [0.05, 0.1) is 16.8 Å². The van der Waals surface area contributed by atoms with Crippen LogP contribution in [0.2, 0.25) is 0 Å². The minimum absolute atomic E-state index is 0.0512. The van der Waals surface area contributed by atoms with Gasteiger partial charge in [-0.2, -0.15) is 5.10 Å². The highest BCUT2D eigenvalue weighted by Crippen LogP contribution is 2.27. The highest BCUT2D eigenvalue weighted by molar-refractivity contribution is 6.08. The largest absolute Gasteiger partial charge is 0.339 e. The molecule has 3 heterocycles. The second-order valence-electron chi connectivity index (χ2n) is 8.80. The Morgan fingerprint density at radius 2 is 1.82 bits per heavy atom. The Balaban J connectivity index is 1.24. The molecule has 2 aromatic carbocycles. The molecule has 34 heavy (non-hydrogen) atoms. The Hall–Kier alpha value is -4.00. The van der Waals surface area contributed by atoms with Gasteiger partial charge in [0.1, 0.15) is 0 Å². The van der Waals surface area contributed by atoms with Crippen molar-refractivity contribution in [3.05, 3.63) is 89.9 Å². The molecule has 5 rings (SSSR count). The Kier molecular flexibility index (Phi) is 6.08. The van der Waals surface area contributed by atoms with E-state index in [1.54, 1.807) is 36.1 Å². The molecule has 0 aliphatic carbocycles. The van der Waals surface area contributed by atoms with E-state index in [9.17, 15) is 9.59 Å². The molecule has 2 aromatic heterocycles. The van der Waals surface area contributed by atoms with Crippen LogP contribution in [0.25, 0.3) is 10.9 Å². The zero-order valence-corrected chi connectivity index (χ0v) is 19.1. The van der Waals surface area contributed by atoms with Crippen molar-refractivity contribution in [1.82, 2.24) is 19.7 Å². The Morgan fingerprint density at radius 1 is 1.00 bits per heavy atom. The van der Waals surface area contributed by atoms with Crippen LogP contribution in [-0.4, -0.2) is 44.6 Å². The molecule has 7 nitrogen and oxygen atoms in total. The predicted molar refractivity (Wildman–Crippen MR) is 132 cm³/mol. The average molecular weight is 454 g/mol. The molecule has 0 bridgehead atoms. The highest BCUT2D eigenvalue weighted by atomic mass is 16.2. The summed E-state index contributed by atoms with van der Waals surface area (Å²) < 4.78 is 1.57. The summed E-state index contributed by atoms with van der Waals surface area (Å²) in [5.74, 6) is 0.142. The van der Waals surface area contributed by atoms with Gasteiger partial charge in [-0.3, -0.25) is 19.3 Å². The lowest BCUT2D eigenvalue weighted by Gasteiger charge is -2.32. The molecule has 172 valence electrons. The molecule has 0 spiro atoms. The maximum Gasteiger partial charge on any atom is 0.276 e. The van der Waals surface area contributed by atoms with Gasteiger partial charge >= 0.3 is 0 Å². The number of aromatic nitrogens is 3. The Morgan fingerprint density at radius 3 is 2.62 bits per heavy atom. The number of pyridine rings is 1. The number of anilines is 1. The zero-order valence-electron chi connectivity index (χ0n) is 19.1. The Bertz CT molecular complexity index is 1330. The monoisotopic (exact) mass is 453 g/mol. The fourth-order valence-corrected chi connectivity index (χ4v) is 4.67. The Labute approximate surface area is 198 Å². The summed E-state index contributed by atoms with van der Waals surface area (Å²) in [5, 5.41) is 8.20. The van der Waals surface area contributed by atoms with Crippen molar-refractivity contribution in [2.75, 3.05) is 18.4 Å². The molecule has 1 aliphatic heterocycles. The summed E-state index contributed by atoms with van der Waals surface area (Å²) in [6.07, 6.45) is 6.43. The molecular formula is C27H27N5O2. The smallest absolute Gasteiger partial charge is 0.276 e. The molecular weight excluding hydrogens is 426 g/mol. The van der Waals surface area contributed by atoms with E-state index in [4.69, 9.17) is 0 Å². The summed E-state index contributed by atoms with van der Waals surface area (Å²) in [7, 11) is 1.76. The van der Waals surface area contributed by atoms with Gasteiger partial charge in [-0.25, -0.2) is 0 Å². The predicted octanol–water partition coefficient (Wildman–Crippen LogP) is 4.32. The first-order valence-corrected chi connectivity index (χ1v) is 11.6. The SMILES string of the molecule is Cn1ccc(C(=O)Nc2ccccc2C(=O)N2CCC(Cc3cccc4ncccc34)CC2)n1. The van der Waals surface area contributed by atoms with E-state index in [2.05, 4.69) is 33.6 Å². The van der Waals surface area contributed by atoms with Crippen molar-refractivity contribution < 1.29 is 9.59 Å². The van der Waals surface area contributed by atoms with Gasteiger partial charge in [-0.15, -0.1) is 0 Å². The van der Waals surface area contributed by atoms with E-state index in [1.807, 2.05) is 35.4 Å². The molecule has 0 saturated carbocycles. The number of piperidine rings is 1. The lowest BCUT2D eigenvalue weighted by atomic mass is 9.88. The molecule has 1 fully saturated rings. The molecule has 0 unspecified atom stereocenters. The van der Waals surface area contributed by atoms with Gasteiger partial charge in [-0.05, 0) is 61.1 Å². The summed E-state index contributed by atoms with van der Waals surface area (Å²) in [5.41, 5.74) is 3.67. The van der Waals surface area contributed by atoms with Gasteiger partial charge < -0.3 is 10.2 Å². The van der Waals surface area contributed by atoms with Gasteiger partial charge in [0.15, 0.2) is 5.69 Å². The van der Waals surface area contributed by atoms with E-state index in [-0.39, 0.29) is 11.8 Å². The van der Waals surface area contributed by atoms with Gasteiger partial charge in [0.2, 0.25) is 0 Å². The quantitative estimate of drug-likeness (QED) is 0.488. The van der Waals surface area contributed by atoms with E-state index < -0.39 is 0 Å². The highest BCUT2D eigenvalue weighted by Gasteiger charge is 2.26. The van der Waals surface area contributed by atoms with Crippen molar-refractivity contribution in [2.45, 2.75) is 19.3 Å². The van der Waals surface area contributed by atoms with Crippen molar-refractivity contribution in [1.29, 1.82) is 0 Å². The van der Waals surface area contributed by atoms with Gasteiger partial charge in [-0.1, -0.05) is 30.3 Å². The molecule has 7 heteroatoms. The second-order valence-corrected chi connectivity index (χ2v) is 8.80. The third kappa shape index (κ3) is 4.55. The minimum atomic E-state index is -0.330. The van der Waals surface area contributed by atoms with Crippen LogP contribution in [0.1, 0.15) is 39.3 Å². The number of para-hydroxylation sites is 1. The topological polar surface area (TPSA) is 80.1 Å². The maximum atomic E-state index is 13.3. The third-order valence-electron chi connectivity index (χ3n) is 6.50. The number of aryl methyl sites for hydroxylation is 1. The molecule has 0 atom stereocenters. The number of likely N-dealkylation sites (tertiary alicyclic amines) is 1. The van der Waals surface area contributed by atoms with Crippen molar-refractivity contribution in [3.8, 4) is 0 Å². The third-order valence-corrected chi connectivity index (χ3v) is 6.50. The summed E-state index contributed by atoms with van der Waals surface area (Å²) in [4.78, 5) is 32.3. The van der Waals surface area contributed by atoms with Crippen LogP contribution in [0, 0.1) is 5.92 Å². The molecule has 1 aliphatic rings. The minimum Gasteiger partial charge on any atom is -0.339 e. The number of hydrogen-bond acceptors (Lipinski definition) is 4. The number of amides is 2. The van der Waals surface area contributed by atoms with Crippen LogP contribution < -0.4 is 5.32 Å². The normalized spacial score (nSPS) is 14.3. The van der Waals surface area contributed by atoms with Crippen molar-refractivity contribution in [3.63, 3.8) is 0 Å². The maximum absolute atomic E-state index is 13.3. The number of nitrogens with one attached hydrogen (secondary N) is 1. The molecule has 1 saturated heterocycles. The first-order valence-electron chi connectivity index (χ1n) is 11.6.